The number of rotatable bonds is 8. The number of carbonyl (C=O) groups excluding carboxylic acids is 1. The average molecular weight is 286 g/mol. The molecule has 4 nitrogen and oxygen atoms in total. The summed E-state index contributed by atoms with van der Waals surface area (Å²) in [4.78, 5) is 12.0. The third kappa shape index (κ3) is 5.97. The molecular formula is C14H20F2N2O2. The normalized spacial score (nSPS) is 10.9. The second-order valence-corrected chi connectivity index (χ2v) is 4.57. The van der Waals surface area contributed by atoms with E-state index in [1.807, 2.05) is 26.0 Å². The smallest absolute Gasteiger partial charge is 0.261 e. The molecule has 0 aromatic heterocycles. The van der Waals surface area contributed by atoms with Gasteiger partial charge in [-0.05, 0) is 26.0 Å². The van der Waals surface area contributed by atoms with Crippen molar-refractivity contribution in [2.24, 2.45) is 0 Å². The highest BCUT2D eigenvalue weighted by Crippen LogP contribution is 2.15. The second kappa shape index (κ2) is 8.47. The van der Waals surface area contributed by atoms with Gasteiger partial charge in [0.25, 0.3) is 12.3 Å². The van der Waals surface area contributed by atoms with Gasteiger partial charge in [0.2, 0.25) is 0 Å². The van der Waals surface area contributed by atoms with Crippen LogP contribution in [0.3, 0.4) is 0 Å². The molecule has 0 fully saturated rings. The number of nitrogens with one attached hydrogen (secondary N) is 2. The summed E-state index contributed by atoms with van der Waals surface area (Å²) in [6, 6.07) is 7.35. The first kappa shape index (κ1) is 16.4. The highest BCUT2D eigenvalue weighted by atomic mass is 19.3. The van der Waals surface area contributed by atoms with E-state index in [1.54, 1.807) is 12.1 Å². The van der Waals surface area contributed by atoms with Gasteiger partial charge in [-0.25, -0.2) is 8.78 Å². The molecule has 0 aliphatic rings. The van der Waals surface area contributed by atoms with Crippen molar-refractivity contribution < 1.29 is 18.3 Å². The van der Waals surface area contributed by atoms with Crippen LogP contribution in [0.4, 0.5) is 14.5 Å². The molecule has 0 saturated carbocycles. The highest BCUT2D eigenvalue weighted by Gasteiger charge is 2.11. The van der Waals surface area contributed by atoms with Crippen molar-refractivity contribution in [1.82, 2.24) is 5.32 Å². The molecule has 0 radical (unpaired) electrons. The lowest BCUT2D eigenvalue weighted by molar-refractivity contribution is 0.0188. The molecule has 20 heavy (non-hydrogen) atoms. The maximum Gasteiger partial charge on any atom is 0.261 e. The predicted octanol–water partition coefficient (Wildman–Crippen LogP) is 2.52. The van der Waals surface area contributed by atoms with Gasteiger partial charge in [-0.2, -0.15) is 0 Å². The Labute approximate surface area is 117 Å². The Morgan fingerprint density at radius 1 is 1.30 bits per heavy atom. The van der Waals surface area contributed by atoms with Crippen molar-refractivity contribution in [1.29, 1.82) is 0 Å². The molecule has 6 heteroatoms. The molecule has 0 aliphatic heterocycles. The number of para-hydroxylation sites is 1. The summed E-state index contributed by atoms with van der Waals surface area (Å²) in [6.45, 7) is 3.61. The van der Waals surface area contributed by atoms with Gasteiger partial charge >= 0.3 is 0 Å². The third-order valence-electron chi connectivity index (χ3n) is 2.39. The minimum Gasteiger partial charge on any atom is -0.382 e. The van der Waals surface area contributed by atoms with Crippen molar-refractivity contribution >= 4 is 11.6 Å². The Morgan fingerprint density at radius 2 is 2.00 bits per heavy atom. The molecule has 0 aliphatic carbocycles. The minimum atomic E-state index is -2.48. The second-order valence-electron chi connectivity index (χ2n) is 4.57. The molecule has 1 aromatic rings. The molecule has 0 heterocycles. The summed E-state index contributed by atoms with van der Waals surface area (Å²) in [5, 5.41) is 5.82. The number of anilines is 1. The number of carbonyl (C=O) groups is 1. The van der Waals surface area contributed by atoms with Gasteiger partial charge in [-0.3, -0.25) is 4.79 Å². The predicted molar refractivity (Wildman–Crippen MR) is 74.4 cm³/mol. The van der Waals surface area contributed by atoms with Gasteiger partial charge in [-0.15, -0.1) is 0 Å². The SMILES string of the molecule is CC(C)Nc1ccccc1C(=O)NCCOCC(F)F. The van der Waals surface area contributed by atoms with Crippen LogP contribution in [0, 0.1) is 0 Å². The lowest BCUT2D eigenvalue weighted by atomic mass is 10.1. The fraction of sp³-hybridized carbons (Fsp3) is 0.500. The number of hydrogen-bond acceptors (Lipinski definition) is 3. The van der Waals surface area contributed by atoms with Crippen LogP contribution in [0.1, 0.15) is 24.2 Å². The summed E-state index contributed by atoms with van der Waals surface area (Å²) in [6.07, 6.45) is -2.48. The van der Waals surface area contributed by atoms with Crippen LogP contribution in [0.5, 0.6) is 0 Å². The molecule has 1 rings (SSSR count). The lowest BCUT2D eigenvalue weighted by Crippen LogP contribution is -2.29. The minimum absolute atomic E-state index is 0.0653. The monoisotopic (exact) mass is 286 g/mol. The third-order valence-corrected chi connectivity index (χ3v) is 2.39. The summed E-state index contributed by atoms with van der Waals surface area (Å²) in [7, 11) is 0. The molecule has 112 valence electrons. The van der Waals surface area contributed by atoms with E-state index in [0.29, 0.717) is 5.56 Å². The number of ether oxygens (including phenoxy) is 1. The van der Waals surface area contributed by atoms with Crippen LogP contribution in [-0.2, 0) is 4.74 Å². The lowest BCUT2D eigenvalue weighted by Gasteiger charge is -2.14. The number of halogens is 2. The van der Waals surface area contributed by atoms with E-state index in [9.17, 15) is 13.6 Å². The fourth-order valence-electron chi connectivity index (χ4n) is 1.62. The molecule has 0 saturated heterocycles. The van der Waals surface area contributed by atoms with Crippen molar-refractivity contribution in [3.05, 3.63) is 29.8 Å². The number of amides is 1. The van der Waals surface area contributed by atoms with Crippen molar-refractivity contribution in [2.75, 3.05) is 25.1 Å². The standard InChI is InChI=1S/C14H20F2N2O2/c1-10(2)18-12-6-4-3-5-11(12)14(19)17-7-8-20-9-13(15)16/h3-6,10,13,18H,7-9H2,1-2H3,(H,17,19). The van der Waals surface area contributed by atoms with Crippen molar-refractivity contribution in [2.45, 2.75) is 26.3 Å². The average Bonchev–Trinajstić information content (AvgIpc) is 2.37. The van der Waals surface area contributed by atoms with Crippen LogP contribution in [-0.4, -0.2) is 38.1 Å². The van der Waals surface area contributed by atoms with Crippen LogP contribution < -0.4 is 10.6 Å². The Bertz CT molecular complexity index is 425. The highest BCUT2D eigenvalue weighted by molar-refractivity contribution is 5.99. The summed E-state index contributed by atoms with van der Waals surface area (Å²) in [5.41, 5.74) is 1.27. The molecule has 0 spiro atoms. The zero-order chi connectivity index (χ0) is 15.0. The fourth-order valence-corrected chi connectivity index (χ4v) is 1.62. The summed E-state index contributed by atoms with van der Waals surface area (Å²) < 4.78 is 28.4. The van der Waals surface area contributed by atoms with Gasteiger partial charge in [0, 0.05) is 18.3 Å². The van der Waals surface area contributed by atoms with E-state index in [-0.39, 0.29) is 25.1 Å². The topological polar surface area (TPSA) is 50.4 Å². The van der Waals surface area contributed by atoms with E-state index in [0.717, 1.165) is 5.69 Å². The Balaban J connectivity index is 2.47. The molecule has 2 N–H and O–H groups in total. The first-order valence-corrected chi connectivity index (χ1v) is 6.50. The van der Waals surface area contributed by atoms with Crippen LogP contribution >= 0.6 is 0 Å². The van der Waals surface area contributed by atoms with Crippen LogP contribution in [0.15, 0.2) is 24.3 Å². The Kier molecular flexibility index (Phi) is 6.93. The maximum atomic E-state index is 12.0. The molecule has 1 amide bonds. The van der Waals surface area contributed by atoms with Gasteiger partial charge in [-0.1, -0.05) is 12.1 Å². The first-order chi connectivity index (χ1) is 9.50. The number of alkyl halides is 2. The molecule has 0 unspecified atom stereocenters. The summed E-state index contributed by atoms with van der Waals surface area (Å²) in [5.74, 6) is -0.255. The molecule has 0 bridgehead atoms. The van der Waals surface area contributed by atoms with Crippen LogP contribution in [0.25, 0.3) is 0 Å². The molecule has 0 atom stereocenters. The maximum absolute atomic E-state index is 12.0. The van der Waals surface area contributed by atoms with E-state index in [1.165, 1.54) is 0 Å². The zero-order valence-corrected chi connectivity index (χ0v) is 11.7. The van der Waals surface area contributed by atoms with E-state index in [4.69, 9.17) is 4.74 Å². The Hall–Kier alpha value is -1.69. The zero-order valence-electron chi connectivity index (χ0n) is 11.7. The Morgan fingerprint density at radius 3 is 2.65 bits per heavy atom. The van der Waals surface area contributed by atoms with Crippen molar-refractivity contribution in [3.63, 3.8) is 0 Å². The quantitative estimate of drug-likeness (QED) is 0.722. The van der Waals surface area contributed by atoms with Gasteiger partial charge in [0.1, 0.15) is 6.61 Å². The number of benzene rings is 1. The van der Waals surface area contributed by atoms with Gasteiger partial charge < -0.3 is 15.4 Å². The van der Waals surface area contributed by atoms with Crippen molar-refractivity contribution in [3.8, 4) is 0 Å². The van der Waals surface area contributed by atoms with Crippen LogP contribution in [0.2, 0.25) is 0 Å². The molecule has 1 aromatic carbocycles. The largest absolute Gasteiger partial charge is 0.382 e. The summed E-state index contributed by atoms with van der Waals surface area (Å²) >= 11 is 0. The first-order valence-electron chi connectivity index (χ1n) is 6.50. The van der Waals surface area contributed by atoms with E-state index in [2.05, 4.69) is 10.6 Å². The van der Waals surface area contributed by atoms with Gasteiger partial charge in [0.15, 0.2) is 0 Å². The molecular weight excluding hydrogens is 266 g/mol. The van der Waals surface area contributed by atoms with Gasteiger partial charge in [0.05, 0.1) is 12.2 Å². The van der Waals surface area contributed by atoms with E-state index < -0.39 is 13.0 Å². The number of hydrogen-bond donors (Lipinski definition) is 2. The van der Waals surface area contributed by atoms with E-state index >= 15 is 0 Å².